The lowest BCUT2D eigenvalue weighted by molar-refractivity contribution is 0.0794. The van der Waals surface area contributed by atoms with Crippen molar-refractivity contribution in [3.8, 4) is 0 Å². The molecule has 1 saturated carbocycles. The van der Waals surface area contributed by atoms with Crippen molar-refractivity contribution in [1.82, 2.24) is 30.2 Å². The molecule has 8 heteroatoms. The number of likely N-dealkylation sites (tertiary alicyclic amines) is 1. The van der Waals surface area contributed by atoms with E-state index in [1.807, 2.05) is 29.1 Å². The van der Waals surface area contributed by atoms with Gasteiger partial charge in [-0.15, -0.1) is 10.2 Å². The van der Waals surface area contributed by atoms with Gasteiger partial charge in [0.2, 0.25) is 5.01 Å². The molecule has 2 aliphatic rings. The van der Waals surface area contributed by atoms with Crippen LogP contribution >= 0.6 is 11.3 Å². The topological polar surface area (TPSA) is 75.9 Å². The van der Waals surface area contributed by atoms with E-state index < -0.39 is 0 Å². The Morgan fingerprint density at radius 2 is 1.93 bits per heavy atom. The minimum Gasteiger partial charge on any atom is -0.345 e. The number of carbonyl (C=O) groups is 1. The fourth-order valence-corrected chi connectivity index (χ4v) is 4.38. The van der Waals surface area contributed by atoms with Crippen LogP contribution in [0.4, 0.5) is 0 Å². The summed E-state index contributed by atoms with van der Waals surface area (Å²) < 4.78 is 1.97. The first-order valence-corrected chi connectivity index (χ1v) is 10.5. The third kappa shape index (κ3) is 3.98. The maximum atomic E-state index is 12.3. The number of aromatic nitrogens is 4. The number of benzene rings is 1. The van der Waals surface area contributed by atoms with E-state index in [1.165, 1.54) is 35.3 Å². The van der Waals surface area contributed by atoms with Gasteiger partial charge in [-0.1, -0.05) is 41.7 Å². The van der Waals surface area contributed by atoms with Crippen molar-refractivity contribution < 1.29 is 4.79 Å². The Labute approximate surface area is 167 Å². The van der Waals surface area contributed by atoms with E-state index >= 15 is 0 Å². The fraction of sp³-hybridized carbons (Fsp3) is 0.400. The molecule has 0 spiro atoms. The lowest BCUT2D eigenvalue weighted by Gasteiger charge is -2.39. The van der Waals surface area contributed by atoms with Gasteiger partial charge in [0.1, 0.15) is 5.01 Å². The number of hydrogen-bond donors (Lipinski definition) is 1. The largest absolute Gasteiger partial charge is 0.345 e. The van der Waals surface area contributed by atoms with E-state index in [1.54, 1.807) is 0 Å². The first-order valence-electron chi connectivity index (χ1n) is 9.65. The molecule has 144 valence electrons. The number of nitrogens with one attached hydrogen (secondary N) is 1. The van der Waals surface area contributed by atoms with Crippen LogP contribution in [-0.4, -0.2) is 49.9 Å². The molecule has 1 N–H and O–H groups in total. The Morgan fingerprint density at radius 1 is 1.11 bits per heavy atom. The molecule has 1 aromatic carbocycles. The Bertz CT molecular complexity index is 958. The summed E-state index contributed by atoms with van der Waals surface area (Å²) in [5, 5.41) is 17.2. The molecule has 0 radical (unpaired) electrons. The third-order valence-corrected chi connectivity index (χ3v) is 6.22. The van der Waals surface area contributed by atoms with Crippen LogP contribution < -0.4 is 5.32 Å². The van der Waals surface area contributed by atoms with Crippen molar-refractivity contribution in [2.75, 3.05) is 13.1 Å². The van der Waals surface area contributed by atoms with Crippen molar-refractivity contribution in [3.05, 3.63) is 63.9 Å². The zero-order valence-corrected chi connectivity index (χ0v) is 16.3. The SMILES string of the molecule is O=C(NC1CN(Cc2cnn(Cc3ccccc3)c2)C1)c1nnc(C2CC2)s1. The van der Waals surface area contributed by atoms with Crippen LogP contribution in [0.5, 0.6) is 0 Å². The third-order valence-electron chi connectivity index (χ3n) is 5.13. The first-order chi connectivity index (χ1) is 13.7. The zero-order valence-electron chi connectivity index (χ0n) is 15.5. The Kier molecular flexibility index (Phi) is 4.66. The normalized spacial score (nSPS) is 17.4. The summed E-state index contributed by atoms with van der Waals surface area (Å²) in [5.74, 6) is 0.450. The van der Waals surface area contributed by atoms with E-state index in [2.05, 4.69) is 43.8 Å². The predicted molar refractivity (Wildman–Crippen MR) is 106 cm³/mol. The Balaban J connectivity index is 1.08. The quantitative estimate of drug-likeness (QED) is 0.665. The molecule has 1 aliphatic carbocycles. The van der Waals surface area contributed by atoms with Crippen molar-refractivity contribution in [2.24, 2.45) is 0 Å². The first kappa shape index (κ1) is 17.5. The summed E-state index contributed by atoms with van der Waals surface area (Å²) in [6, 6.07) is 10.5. The standard InChI is InChI=1S/C20H22N6OS/c27-18(20-24-23-19(28-20)16-6-7-16)22-17-12-25(13-17)9-15-8-21-26(11-15)10-14-4-2-1-3-5-14/h1-5,8,11,16-17H,6-7,9-10,12-13H2,(H,22,27). The van der Waals surface area contributed by atoms with Crippen LogP contribution in [-0.2, 0) is 13.1 Å². The van der Waals surface area contributed by atoms with Gasteiger partial charge in [-0.3, -0.25) is 14.4 Å². The fourth-order valence-electron chi connectivity index (χ4n) is 3.46. The second-order valence-electron chi connectivity index (χ2n) is 7.62. The highest BCUT2D eigenvalue weighted by Crippen LogP contribution is 2.41. The van der Waals surface area contributed by atoms with Gasteiger partial charge in [0, 0.05) is 37.3 Å². The summed E-state index contributed by atoms with van der Waals surface area (Å²) in [6.07, 6.45) is 6.38. The second kappa shape index (κ2) is 7.44. The van der Waals surface area contributed by atoms with Crippen LogP contribution in [0.2, 0.25) is 0 Å². The molecular formula is C20H22N6OS. The number of rotatable bonds is 7. The summed E-state index contributed by atoms with van der Waals surface area (Å²) in [6.45, 7) is 3.34. The number of carbonyl (C=O) groups excluding carboxylic acids is 1. The lowest BCUT2D eigenvalue weighted by Crippen LogP contribution is -2.58. The molecule has 0 bridgehead atoms. The number of hydrogen-bond acceptors (Lipinski definition) is 6. The van der Waals surface area contributed by atoms with E-state index in [4.69, 9.17) is 0 Å². The van der Waals surface area contributed by atoms with E-state index in [-0.39, 0.29) is 11.9 Å². The molecule has 1 amide bonds. The molecule has 7 nitrogen and oxygen atoms in total. The van der Waals surface area contributed by atoms with E-state index in [0.717, 1.165) is 31.2 Å². The maximum Gasteiger partial charge on any atom is 0.282 e. The van der Waals surface area contributed by atoms with Gasteiger partial charge in [0.15, 0.2) is 0 Å². The molecule has 2 fully saturated rings. The molecule has 3 heterocycles. The highest BCUT2D eigenvalue weighted by Gasteiger charge is 2.31. The monoisotopic (exact) mass is 394 g/mol. The molecule has 1 aliphatic heterocycles. The van der Waals surface area contributed by atoms with Crippen LogP contribution in [0, 0.1) is 0 Å². The van der Waals surface area contributed by atoms with Crippen LogP contribution in [0.25, 0.3) is 0 Å². The molecule has 5 rings (SSSR count). The predicted octanol–water partition coefficient (Wildman–Crippen LogP) is 2.27. The minimum absolute atomic E-state index is 0.0928. The number of amides is 1. The van der Waals surface area contributed by atoms with Crippen LogP contribution in [0.1, 0.15) is 44.7 Å². The molecule has 2 aromatic heterocycles. The zero-order chi connectivity index (χ0) is 18.9. The van der Waals surface area contributed by atoms with Gasteiger partial charge in [-0.2, -0.15) is 5.10 Å². The molecular weight excluding hydrogens is 372 g/mol. The number of nitrogens with zero attached hydrogens (tertiary/aromatic N) is 5. The van der Waals surface area contributed by atoms with Gasteiger partial charge in [-0.25, -0.2) is 0 Å². The highest BCUT2D eigenvalue weighted by molar-refractivity contribution is 7.13. The molecule has 0 atom stereocenters. The maximum absolute atomic E-state index is 12.3. The van der Waals surface area contributed by atoms with E-state index in [9.17, 15) is 4.79 Å². The highest BCUT2D eigenvalue weighted by atomic mass is 32.1. The smallest absolute Gasteiger partial charge is 0.282 e. The molecule has 1 saturated heterocycles. The minimum atomic E-state index is -0.0928. The van der Waals surface area contributed by atoms with Gasteiger partial charge in [0.25, 0.3) is 5.91 Å². The summed E-state index contributed by atoms with van der Waals surface area (Å²) in [4.78, 5) is 14.6. The van der Waals surface area contributed by atoms with Gasteiger partial charge in [0.05, 0.1) is 18.8 Å². The van der Waals surface area contributed by atoms with Gasteiger partial charge < -0.3 is 5.32 Å². The average Bonchev–Trinajstić information content (AvgIpc) is 3.23. The van der Waals surface area contributed by atoms with Crippen molar-refractivity contribution in [3.63, 3.8) is 0 Å². The molecule has 0 unspecified atom stereocenters. The molecule has 3 aromatic rings. The summed E-state index contributed by atoms with van der Waals surface area (Å²) in [5.41, 5.74) is 2.43. The van der Waals surface area contributed by atoms with Crippen LogP contribution in [0.15, 0.2) is 42.7 Å². The van der Waals surface area contributed by atoms with E-state index in [0.29, 0.717) is 10.9 Å². The summed E-state index contributed by atoms with van der Waals surface area (Å²) in [7, 11) is 0. The Morgan fingerprint density at radius 3 is 2.71 bits per heavy atom. The Hall–Kier alpha value is -2.58. The molecule has 28 heavy (non-hydrogen) atoms. The van der Waals surface area contributed by atoms with Crippen molar-refractivity contribution in [2.45, 2.75) is 37.9 Å². The van der Waals surface area contributed by atoms with Crippen LogP contribution in [0.3, 0.4) is 0 Å². The lowest BCUT2D eigenvalue weighted by atomic mass is 10.1. The summed E-state index contributed by atoms with van der Waals surface area (Å²) >= 11 is 1.44. The van der Waals surface area contributed by atoms with Gasteiger partial charge >= 0.3 is 0 Å². The van der Waals surface area contributed by atoms with Crippen molar-refractivity contribution in [1.29, 1.82) is 0 Å². The van der Waals surface area contributed by atoms with Gasteiger partial charge in [-0.05, 0) is 18.4 Å². The average molecular weight is 395 g/mol. The van der Waals surface area contributed by atoms with Crippen molar-refractivity contribution >= 4 is 17.2 Å². The second-order valence-corrected chi connectivity index (χ2v) is 8.63.